The molecular formula is C14H17N3O3S. The molecule has 7 heteroatoms. The van der Waals surface area contributed by atoms with Gasteiger partial charge in [-0.25, -0.2) is 13.4 Å². The quantitative estimate of drug-likeness (QED) is 0.905. The average Bonchev–Trinajstić information content (AvgIpc) is 3.04. The van der Waals surface area contributed by atoms with Crippen LogP contribution in [0.3, 0.4) is 0 Å². The Morgan fingerprint density at radius 2 is 1.95 bits per heavy atom. The van der Waals surface area contributed by atoms with Gasteiger partial charge < -0.3 is 4.98 Å². The van der Waals surface area contributed by atoms with Gasteiger partial charge in [0, 0.05) is 6.26 Å². The lowest BCUT2D eigenvalue weighted by molar-refractivity contribution is -0.118. The van der Waals surface area contributed by atoms with E-state index in [1.165, 1.54) is 0 Å². The average molecular weight is 307 g/mol. The van der Waals surface area contributed by atoms with Crippen molar-refractivity contribution >= 4 is 32.7 Å². The van der Waals surface area contributed by atoms with E-state index in [9.17, 15) is 13.2 Å². The summed E-state index contributed by atoms with van der Waals surface area (Å²) < 4.78 is 22.8. The number of imidazole rings is 1. The predicted octanol–water partition coefficient (Wildman–Crippen LogP) is 1.86. The lowest BCUT2D eigenvalue weighted by atomic mass is 10.1. The summed E-state index contributed by atoms with van der Waals surface area (Å²) in [7, 11) is -3.47. The van der Waals surface area contributed by atoms with Crippen LogP contribution in [0.25, 0.3) is 11.0 Å². The first-order valence-corrected chi connectivity index (χ1v) is 8.77. The topological polar surface area (TPSA) is 91.9 Å². The van der Waals surface area contributed by atoms with Crippen molar-refractivity contribution in [1.29, 1.82) is 0 Å². The third-order valence-electron chi connectivity index (χ3n) is 4.16. The molecule has 0 bridgehead atoms. The van der Waals surface area contributed by atoms with Gasteiger partial charge in [0.15, 0.2) is 14.6 Å². The molecule has 2 aromatic rings. The van der Waals surface area contributed by atoms with E-state index in [1.54, 1.807) is 0 Å². The molecule has 1 aromatic carbocycles. The van der Waals surface area contributed by atoms with E-state index in [0.717, 1.165) is 30.1 Å². The molecule has 0 aliphatic heterocycles. The van der Waals surface area contributed by atoms with E-state index in [4.69, 9.17) is 0 Å². The Labute approximate surface area is 122 Å². The number of para-hydroxylation sites is 2. The number of fused-ring (bicyclic) bond motifs is 1. The van der Waals surface area contributed by atoms with E-state index in [-0.39, 0.29) is 5.95 Å². The van der Waals surface area contributed by atoms with Gasteiger partial charge in [0.05, 0.1) is 11.0 Å². The van der Waals surface area contributed by atoms with Crippen molar-refractivity contribution in [2.45, 2.75) is 30.4 Å². The first kappa shape index (κ1) is 14.1. The first-order valence-electron chi connectivity index (χ1n) is 6.88. The molecule has 3 rings (SSSR count). The van der Waals surface area contributed by atoms with Crippen molar-refractivity contribution in [1.82, 2.24) is 9.97 Å². The fourth-order valence-corrected chi connectivity index (χ4v) is 4.36. The van der Waals surface area contributed by atoms with Crippen LogP contribution in [0.4, 0.5) is 5.95 Å². The molecule has 1 fully saturated rings. The number of rotatable bonds is 3. The number of benzene rings is 1. The number of hydrogen-bond donors (Lipinski definition) is 2. The molecule has 6 nitrogen and oxygen atoms in total. The molecular weight excluding hydrogens is 290 g/mol. The van der Waals surface area contributed by atoms with Crippen LogP contribution in [-0.4, -0.2) is 35.3 Å². The van der Waals surface area contributed by atoms with Crippen molar-refractivity contribution in [3.8, 4) is 0 Å². The van der Waals surface area contributed by atoms with E-state index in [0.29, 0.717) is 12.8 Å². The number of carbonyl (C=O) groups is 1. The number of anilines is 1. The summed E-state index contributed by atoms with van der Waals surface area (Å²) in [4.78, 5) is 19.7. The van der Waals surface area contributed by atoms with Crippen LogP contribution in [0.1, 0.15) is 25.7 Å². The number of hydrogen-bond acceptors (Lipinski definition) is 4. The van der Waals surface area contributed by atoms with Gasteiger partial charge in [-0.3, -0.25) is 10.1 Å². The summed E-state index contributed by atoms with van der Waals surface area (Å²) >= 11 is 0. The van der Waals surface area contributed by atoms with Gasteiger partial charge in [0.25, 0.3) is 0 Å². The van der Waals surface area contributed by atoms with Crippen LogP contribution in [0.2, 0.25) is 0 Å². The van der Waals surface area contributed by atoms with Gasteiger partial charge >= 0.3 is 0 Å². The lowest BCUT2D eigenvalue weighted by Gasteiger charge is -2.24. The molecule has 0 unspecified atom stereocenters. The summed E-state index contributed by atoms with van der Waals surface area (Å²) in [5.41, 5.74) is 1.53. The molecule has 2 N–H and O–H groups in total. The molecule has 1 amide bonds. The van der Waals surface area contributed by atoms with Crippen LogP contribution < -0.4 is 5.32 Å². The predicted molar refractivity (Wildman–Crippen MR) is 80.8 cm³/mol. The van der Waals surface area contributed by atoms with Gasteiger partial charge in [-0.2, -0.15) is 0 Å². The minimum Gasteiger partial charge on any atom is -0.324 e. The van der Waals surface area contributed by atoms with Crippen molar-refractivity contribution < 1.29 is 13.2 Å². The van der Waals surface area contributed by atoms with Crippen molar-refractivity contribution in [3.63, 3.8) is 0 Å². The Bertz CT molecular complexity index is 756. The number of H-pyrrole nitrogens is 1. The van der Waals surface area contributed by atoms with Gasteiger partial charge in [-0.1, -0.05) is 25.0 Å². The maximum atomic E-state index is 12.5. The Balaban J connectivity index is 1.91. The second-order valence-corrected chi connectivity index (χ2v) is 7.86. The number of carbonyl (C=O) groups excluding carboxylic acids is 1. The molecule has 1 heterocycles. The van der Waals surface area contributed by atoms with E-state index < -0.39 is 20.5 Å². The smallest absolute Gasteiger partial charge is 0.248 e. The van der Waals surface area contributed by atoms with E-state index in [2.05, 4.69) is 15.3 Å². The molecule has 1 aromatic heterocycles. The zero-order chi connectivity index (χ0) is 15.1. The molecule has 0 atom stereocenters. The van der Waals surface area contributed by atoms with Crippen molar-refractivity contribution in [2.75, 3.05) is 11.6 Å². The SMILES string of the molecule is CS(=O)(=O)C1(C(=O)Nc2nc3ccccc3[nH]2)CCCC1. The Morgan fingerprint density at radius 3 is 2.57 bits per heavy atom. The van der Waals surface area contributed by atoms with Crippen LogP contribution >= 0.6 is 0 Å². The van der Waals surface area contributed by atoms with Crippen LogP contribution in [0, 0.1) is 0 Å². The summed E-state index contributed by atoms with van der Waals surface area (Å²) in [6.07, 6.45) is 3.38. The number of sulfone groups is 1. The first-order chi connectivity index (χ1) is 9.92. The fraction of sp³-hybridized carbons (Fsp3) is 0.429. The molecule has 1 aliphatic rings. The van der Waals surface area contributed by atoms with Gasteiger partial charge in [-0.15, -0.1) is 0 Å². The highest BCUT2D eigenvalue weighted by Crippen LogP contribution is 2.37. The monoisotopic (exact) mass is 307 g/mol. The number of nitrogens with zero attached hydrogens (tertiary/aromatic N) is 1. The van der Waals surface area contributed by atoms with Crippen LogP contribution in [0.5, 0.6) is 0 Å². The second-order valence-electron chi connectivity index (χ2n) is 5.53. The Morgan fingerprint density at radius 1 is 1.29 bits per heavy atom. The zero-order valence-electron chi connectivity index (χ0n) is 11.7. The molecule has 1 aliphatic carbocycles. The minimum atomic E-state index is -3.47. The van der Waals surface area contributed by atoms with Crippen LogP contribution in [-0.2, 0) is 14.6 Å². The van der Waals surface area contributed by atoms with E-state index >= 15 is 0 Å². The Kier molecular flexibility index (Phi) is 3.24. The summed E-state index contributed by atoms with van der Waals surface area (Å²) in [5.74, 6) is -0.197. The lowest BCUT2D eigenvalue weighted by Crippen LogP contribution is -2.47. The maximum absolute atomic E-state index is 12.5. The maximum Gasteiger partial charge on any atom is 0.248 e. The molecule has 21 heavy (non-hydrogen) atoms. The van der Waals surface area contributed by atoms with Gasteiger partial charge in [0.1, 0.15) is 0 Å². The molecule has 1 saturated carbocycles. The summed E-state index contributed by atoms with van der Waals surface area (Å²) in [6, 6.07) is 7.38. The normalized spacial score (nSPS) is 18.0. The highest BCUT2D eigenvalue weighted by Gasteiger charge is 2.50. The number of aromatic nitrogens is 2. The van der Waals surface area contributed by atoms with Gasteiger partial charge in [0.2, 0.25) is 11.9 Å². The zero-order valence-corrected chi connectivity index (χ0v) is 12.5. The number of aromatic amines is 1. The van der Waals surface area contributed by atoms with Crippen LogP contribution in [0.15, 0.2) is 24.3 Å². The Hall–Kier alpha value is -1.89. The molecule has 0 spiro atoms. The highest BCUT2D eigenvalue weighted by molar-refractivity contribution is 7.92. The standard InChI is InChI=1S/C14H17N3O3S/c1-21(19,20)14(8-4-5-9-14)12(18)17-13-15-10-6-2-3-7-11(10)16-13/h2-3,6-7H,4-5,8-9H2,1H3,(H2,15,16,17,18). The van der Waals surface area contributed by atoms with E-state index in [1.807, 2.05) is 24.3 Å². The van der Waals surface area contributed by atoms with Crippen molar-refractivity contribution in [2.24, 2.45) is 0 Å². The van der Waals surface area contributed by atoms with Gasteiger partial charge in [-0.05, 0) is 25.0 Å². The number of amides is 1. The summed E-state index contributed by atoms with van der Waals surface area (Å²) in [6.45, 7) is 0. The van der Waals surface area contributed by atoms with Crippen molar-refractivity contribution in [3.05, 3.63) is 24.3 Å². The third kappa shape index (κ3) is 2.31. The highest BCUT2D eigenvalue weighted by atomic mass is 32.2. The summed E-state index contributed by atoms with van der Waals surface area (Å²) in [5, 5.41) is 2.64. The third-order valence-corrected chi connectivity index (χ3v) is 6.17. The fourth-order valence-electron chi connectivity index (χ4n) is 2.95. The largest absolute Gasteiger partial charge is 0.324 e. The minimum absolute atomic E-state index is 0.288. The number of nitrogens with one attached hydrogen (secondary N) is 2. The second kappa shape index (κ2) is 4.84. The molecule has 0 radical (unpaired) electrons. The molecule has 0 saturated heterocycles. The molecule has 112 valence electrons.